The quantitative estimate of drug-likeness (QED) is 0.910. The van der Waals surface area contributed by atoms with Gasteiger partial charge in [-0.15, -0.1) is 11.3 Å². The number of hydrogen-bond acceptors (Lipinski definition) is 4. The minimum absolute atomic E-state index is 0.487. The summed E-state index contributed by atoms with van der Waals surface area (Å²) in [4.78, 5) is 0. The summed E-state index contributed by atoms with van der Waals surface area (Å²) >= 11 is 1.59. The van der Waals surface area contributed by atoms with Gasteiger partial charge in [0.2, 0.25) is 10.0 Å². The molecular weight excluding hydrogens is 244 g/mol. The zero-order valence-electron chi connectivity index (χ0n) is 8.17. The highest BCUT2D eigenvalue weighted by atomic mass is 32.2. The lowest BCUT2D eigenvalue weighted by molar-refractivity contribution is 0.604. The summed E-state index contributed by atoms with van der Waals surface area (Å²) in [6, 6.07) is 8.82. The largest absolute Gasteiger partial charge is 0.283 e. The molecule has 4 nitrogen and oxygen atoms in total. The molecule has 0 aliphatic heterocycles. The normalized spacial score (nSPS) is 11.2. The first kappa shape index (κ1) is 10.9. The number of thiophene rings is 1. The van der Waals surface area contributed by atoms with Crippen LogP contribution in [0.4, 0.5) is 5.69 Å². The van der Waals surface area contributed by atoms with Crippen molar-refractivity contribution < 1.29 is 8.42 Å². The number of hydrogen-bond donors (Lipinski definition) is 1. The molecule has 0 aliphatic rings. The third kappa shape index (κ3) is 2.32. The van der Waals surface area contributed by atoms with E-state index in [0.717, 1.165) is 10.1 Å². The molecule has 1 aromatic carbocycles. The number of anilines is 1. The molecule has 0 unspecified atom stereocenters. The first-order valence-corrected chi connectivity index (χ1v) is 6.99. The number of nitriles is 1. The second-order valence-electron chi connectivity index (χ2n) is 3.19. The van der Waals surface area contributed by atoms with E-state index in [1.165, 1.54) is 0 Å². The van der Waals surface area contributed by atoms with Gasteiger partial charge in [-0.2, -0.15) is 5.26 Å². The third-order valence-corrected chi connectivity index (χ3v) is 3.93. The molecular formula is C10H8N2O2S2. The predicted octanol–water partition coefficient (Wildman–Crippen LogP) is 2.17. The lowest BCUT2D eigenvalue weighted by Gasteiger charge is -2.04. The van der Waals surface area contributed by atoms with Crippen LogP contribution in [0.2, 0.25) is 0 Å². The third-order valence-electron chi connectivity index (χ3n) is 1.98. The number of sulfonamides is 1. The van der Waals surface area contributed by atoms with Gasteiger partial charge in [-0.05, 0) is 35.0 Å². The van der Waals surface area contributed by atoms with Crippen LogP contribution in [0.1, 0.15) is 0 Å². The van der Waals surface area contributed by atoms with Crippen LogP contribution in [-0.4, -0.2) is 14.2 Å². The first-order valence-electron chi connectivity index (χ1n) is 4.45. The molecule has 6 heteroatoms. The molecule has 0 aliphatic carbocycles. The topological polar surface area (TPSA) is 70.0 Å². The van der Waals surface area contributed by atoms with Crippen LogP contribution < -0.4 is 4.72 Å². The van der Waals surface area contributed by atoms with Gasteiger partial charge < -0.3 is 0 Å². The molecule has 2 rings (SSSR count). The highest BCUT2D eigenvalue weighted by Crippen LogP contribution is 2.24. The minimum Gasteiger partial charge on any atom is -0.283 e. The molecule has 0 spiro atoms. The van der Waals surface area contributed by atoms with E-state index >= 15 is 0 Å². The Kier molecular flexibility index (Phi) is 2.81. The van der Waals surface area contributed by atoms with E-state index in [9.17, 15) is 8.42 Å². The summed E-state index contributed by atoms with van der Waals surface area (Å²) in [6.45, 7) is 0. The maximum absolute atomic E-state index is 11.3. The Morgan fingerprint density at radius 2 is 2.19 bits per heavy atom. The molecule has 82 valence electrons. The van der Waals surface area contributed by atoms with Crippen LogP contribution in [0, 0.1) is 11.3 Å². The van der Waals surface area contributed by atoms with Crippen molar-refractivity contribution in [1.82, 2.24) is 0 Å². The Bertz CT molecular complexity index is 653. The van der Waals surface area contributed by atoms with Crippen molar-refractivity contribution in [1.29, 1.82) is 5.26 Å². The molecule has 0 saturated heterocycles. The lowest BCUT2D eigenvalue weighted by atomic mass is 10.2. The summed E-state index contributed by atoms with van der Waals surface area (Å²) in [5.41, 5.74) is 0.487. The van der Waals surface area contributed by atoms with Crippen molar-refractivity contribution in [3.05, 3.63) is 29.6 Å². The average Bonchev–Trinajstić information content (AvgIpc) is 2.63. The molecule has 0 saturated carbocycles. The SMILES string of the molecule is N#CCS(=O)(=O)Nc1ccc2sccc2c1. The highest BCUT2D eigenvalue weighted by molar-refractivity contribution is 7.92. The van der Waals surface area contributed by atoms with Crippen LogP contribution in [0.3, 0.4) is 0 Å². The fourth-order valence-electron chi connectivity index (χ4n) is 1.33. The van der Waals surface area contributed by atoms with E-state index in [1.807, 2.05) is 17.5 Å². The van der Waals surface area contributed by atoms with Gasteiger partial charge in [-0.25, -0.2) is 8.42 Å². The smallest absolute Gasteiger partial charge is 0.246 e. The van der Waals surface area contributed by atoms with Crippen molar-refractivity contribution >= 4 is 37.1 Å². The van der Waals surface area contributed by atoms with E-state index in [-0.39, 0.29) is 0 Å². The Morgan fingerprint density at radius 1 is 1.38 bits per heavy atom. The summed E-state index contributed by atoms with van der Waals surface area (Å²) in [5.74, 6) is -0.533. The zero-order valence-corrected chi connectivity index (χ0v) is 9.81. The fourth-order valence-corrected chi connectivity index (χ4v) is 2.83. The molecule has 0 atom stereocenters. The van der Waals surface area contributed by atoms with Gasteiger partial charge in [-0.3, -0.25) is 4.72 Å². The van der Waals surface area contributed by atoms with E-state index in [1.54, 1.807) is 29.5 Å². The van der Waals surface area contributed by atoms with Crippen LogP contribution in [0.5, 0.6) is 0 Å². The average molecular weight is 252 g/mol. The van der Waals surface area contributed by atoms with Gasteiger partial charge in [0.05, 0.1) is 6.07 Å². The summed E-state index contributed by atoms with van der Waals surface area (Å²) < 4.78 is 26.1. The van der Waals surface area contributed by atoms with Gasteiger partial charge in [0.1, 0.15) is 0 Å². The lowest BCUT2D eigenvalue weighted by Crippen LogP contribution is -2.15. The molecule has 0 amide bonds. The minimum atomic E-state index is -3.54. The summed E-state index contributed by atoms with van der Waals surface area (Å²) in [7, 11) is -3.54. The van der Waals surface area contributed by atoms with E-state index in [4.69, 9.17) is 5.26 Å². The molecule has 2 aromatic rings. The molecule has 1 heterocycles. The predicted molar refractivity (Wildman–Crippen MR) is 64.8 cm³/mol. The van der Waals surface area contributed by atoms with Crippen LogP contribution >= 0.6 is 11.3 Å². The van der Waals surface area contributed by atoms with Crippen LogP contribution in [-0.2, 0) is 10.0 Å². The number of nitrogens with one attached hydrogen (secondary N) is 1. The Balaban J connectivity index is 2.31. The molecule has 0 radical (unpaired) electrons. The standard InChI is InChI=1S/C10H8N2O2S2/c11-4-6-16(13,14)12-9-1-2-10-8(7-9)3-5-15-10/h1-3,5,7,12H,6H2. The number of nitrogens with zero attached hydrogens (tertiary/aromatic N) is 1. The maximum Gasteiger partial charge on any atom is 0.246 e. The molecule has 1 aromatic heterocycles. The number of benzene rings is 1. The number of fused-ring (bicyclic) bond motifs is 1. The fraction of sp³-hybridized carbons (Fsp3) is 0.100. The Labute approximate surface area is 97.2 Å². The van der Waals surface area contributed by atoms with Crippen molar-refractivity contribution in [2.24, 2.45) is 0 Å². The zero-order chi connectivity index (χ0) is 11.6. The van der Waals surface area contributed by atoms with Gasteiger partial charge in [0.25, 0.3) is 0 Å². The van der Waals surface area contributed by atoms with Gasteiger partial charge >= 0.3 is 0 Å². The van der Waals surface area contributed by atoms with Crippen molar-refractivity contribution in [3.63, 3.8) is 0 Å². The van der Waals surface area contributed by atoms with E-state index in [2.05, 4.69) is 4.72 Å². The van der Waals surface area contributed by atoms with Crippen molar-refractivity contribution in [3.8, 4) is 6.07 Å². The number of rotatable bonds is 3. The molecule has 16 heavy (non-hydrogen) atoms. The highest BCUT2D eigenvalue weighted by Gasteiger charge is 2.09. The molecule has 0 bridgehead atoms. The van der Waals surface area contributed by atoms with E-state index < -0.39 is 15.8 Å². The first-order chi connectivity index (χ1) is 7.61. The van der Waals surface area contributed by atoms with Gasteiger partial charge in [0, 0.05) is 10.4 Å². The molecule has 0 fully saturated rings. The van der Waals surface area contributed by atoms with Crippen molar-refractivity contribution in [2.45, 2.75) is 0 Å². The van der Waals surface area contributed by atoms with Gasteiger partial charge in [-0.1, -0.05) is 0 Å². The Hall–Kier alpha value is -1.58. The van der Waals surface area contributed by atoms with Crippen LogP contribution in [0.25, 0.3) is 10.1 Å². The molecule has 1 N–H and O–H groups in total. The second kappa shape index (κ2) is 4.12. The summed E-state index contributed by atoms with van der Waals surface area (Å²) in [5, 5.41) is 11.3. The second-order valence-corrected chi connectivity index (χ2v) is 5.86. The van der Waals surface area contributed by atoms with E-state index in [0.29, 0.717) is 5.69 Å². The monoisotopic (exact) mass is 252 g/mol. The van der Waals surface area contributed by atoms with Crippen molar-refractivity contribution in [2.75, 3.05) is 10.5 Å². The van der Waals surface area contributed by atoms with Crippen LogP contribution in [0.15, 0.2) is 29.6 Å². The van der Waals surface area contributed by atoms with Gasteiger partial charge in [0.15, 0.2) is 5.75 Å². The Morgan fingerprint density at radius 3 is 2.94 bits per heavy atom. The summed E-state index contributed by atoms with van der Waals surface area (Å²) in [6.07, 6.45) is 0. The maximum atomic E-state index is 11.3.